The molecule has 28 heavy (non-hydrogen) atoms. The standard InChI is InChI=1S/C20H29N3O4S/c1-14(2)28(26,27)22-11-10-18-19(17-8-6-5-7-9-17)23(16(4)25)13-20(18,12-22)21-15(3)24/h5-9,14,18-19H,10-13H2,1-4H3,(H,21,24)/t18-,19-,20-/m1/s1. The molecule has 2 aliphatic heterocycles. The van der Waals surface area contributed by atoms with Crippen LogP contribution in [0.1, 0.15) is 45.7 Å². The van der Waals surface area contributed by atoms with Gasteiger partial charge < -0.3 is 10.2 Å². The summed E-state index contributed by atoms with van der Waals surface area (Å²) >= 11 is 0. The lowest BCUT2D eigenvalue weighted by molar-refractivity contribution is -0.130. The molecule has 2 aliphatic rings. The summed E-state index contributed by atoms with van der Waals surface area (Å²) < 4.78 is 27.1. The molecule has 2 saturated heterocycles. The Kier molecular flexibility index (Phi) is 5.55. The Balaban J connectivity index is 2.06. The van der Waals surface area contributed by atoms with Crippen LogP contribution in [0, 0.1) is 5.92 Å². The molecule has 0 radical (unpaired) electrons. The van der Waals surface area contributed by atoms with Crippen LogP contribution in [0.15, 0.2) is 30.3 Å². The molecule has 0 saturated carbocycles. The lowest BCUT2D eigenvalue weighted by Crippen LogP contribution is -2.64. The first kappa shape index (κ1) is 20.8. The second-order valence-corrected chi connectivity index (χ2v) is 10.7. The highest BCUT2D eigenvalue weighted by Gasteiger charge is 2.58. The zero-order chi connectivity index (χ0) is 20.7. The van der Waals surface area contributed by atoms with E-state index in [1.165, 1.54) is 18.2 Å². The summed E-state index contributed by atoms with van der Waals surface area (Å²) in [7, 11) is -3.45. The van der Waals surface area contributed by atoms with Crippen molar-refractivity contribution in [1.29, 1.82) is 0 Å². The zero-order valence-electron chi connectivity index (χ0n) is 16.9. The molecule has 0 spiro atoms. The van der Waals surface area contributed by atoms with E-state index in [1.54, 1.807) is 18.7 Å². The van der Waals surface area contributed by atoms with E-state index in [4.69, 9.17) is 0 Å². The van der Waals surface area contributed by atoms with Crippen molar-refractivity contribution in [2.24, 2.45) is 5.92 Å². The Labute approximate surface area is 167 Å². The maximum atomic E-state index is 12.8. The van der Waals surface area contributed by atoms with E-state index in [2.05, 4.69) is 5.32 Å². The Morgan fingerprint density at radius 1 is 1.14 bits per heavy atom. The van der Waals surface area contributed by atoms with E-state index in [1.807, 2.05) is 30.3 Å². The molecule has 1 N–H and O–H groups in total. The molecular formula is C20H29N3O4S. The van der Waals surface area contributed by atoms with Gasteiger partial charge in [0.1, 0.15) is 0 Å². The van der Waals surface area contributed by atoms with Crippen LogP contribution in [0.2, 0.25) is 0 Å². The Hall–Kier alpha value is -1.93. The third-order valence-corrected chi connectivity index (χ3v) is 8.18. The molecule has 1 aromatic carbocycles. The summed E-state index contributed by atoms with van der Waals surface area (Å²) in [5.41, 5.74) is 0.216. The lowest BCUT2D eigenvalue weighted by Gasteiger charge is -2.45. The maximum absolute atomic E-state index is 12.8. The monoisotopic (exact) mass is 407 g/mol. The van der Waals surface area contributed by atoms with Crippen LogP contribution in [0.3, 0.4) is 0 Å². The van der Waals surface area contributed by atoms with Crippen molar-refractivity contribution in [3.8, 4) is 0 Å². The Morgan fingerprint density at radius 2 is 1.79 bits per heavy atom. The van der Waals surface area contributed by atoms with Gasteiger partial charge in [-0.3, -0.25) is 9.59 Å². The molecule has 0 aliphatic carbocycles. The number of benzene rings is 1. The third-order valence-electron chi connectivity index (χ3n) is 5.95. The van der Waals surface area contributed by atoms with Crippen LogP contribution in [0.25, 0.3) is 0 Å². The van der Waals surface area contributed by atoms with Gasteiger partial charge in [0.25, 0.3) is 0 Å². The van der Waals surface area contributed by atoms with E-state index < -0.39 is 20.8 Å². The predicted octanol–water partition coefficient (Wildman–Crippen LogP) is 1.52. The zero-order valence-corrected chi connectivity index (χ0v) is 17.7. The largest absolute Gasteiger partial charge is 0.347 e. The number of rotatable bonds is 4. The molecule has 0 unspecified atom stereocenters. The van der Waals surface area contributed by atoms with Gasteiger partial charge in [-0.2, -0.15) is 4.31 Å². The number of hydrogen-bond donors (Lipinski definition) is 1. The van der Waals surface area contributed by atoms with Gasteiger partial charge in [0.05, 0.1) is 16.8 Å². The van der Waals surface area contributed by atoms with Gasteiger partial charge in [0, 0.05) is 39.4 Å². The highest BCUT2D eigenvalue weighted by Crippen LogP contribution is 2.48. The molecule has 8 heteroatoms. The van der Waals surface area contributed by atoms with E-state index in [-0.39, 0.29) is 30.3 Å². The van der Waals surface area contributed by atoms with Gasteiger partial charge in [0.15, 0.2) is 0 Å². The molecule has 2 amide bonds. The summed E-state index contributed by atoms with van der Waals surface area (Å²) in [5.74, 6) is -0.349. The van der Waals surface area contributed by atoms with Crippen molar-refractivity contribution < 1.29 is 18.0 Å². The minimum Gasteiger partial charge on any atom is -0.347 e. The van der Waals surface area contributed by atoms with Crippen molar-refractivity contribution in [3.63, 3.8) is 0 Å². The first-order valence-corrected chi connectivity index (χ1v) is 11.2. The molecule has 3 rings (SSSR count). The van der Waals surface area contributed by atoms with E-state index in [0.29, 0.717) is 19.5 Å². The fraction of sp³-hybridized carbons (Fsp3) is 0.600. The number of piperidine rings is 1. The highest BCUT2D eigenvalue weighted by atomic mass is 32.2. The number of nitrogens with zero attached hydrogens (tertiary/aromatic N) is 2. The smallest absolute Gasteiger partial charge is 0.220 e. The van der Waals surface area contributed by atoms with E-state index in [9.17, 15) is 18.0 Å². The number of hydrogen-bond acceptors (Lipinski definition) is 4. The molecule has 0 aromatic heterocycles. The maximum Gasteiger partial charge on any atom is 0.220 e. The number of sulfonamides is 1. The summed E-state index contributed by atoms with van der Waals surface area (Å²) in [6.07, 6.45) is 0.579. The number of nitrogens with one attached hydrogen (secondary N) is 1. The number of likely N-dealkylation sites (tertiary alicyclic amines) is 1. The average Bonchev–Trinajstić information content (AvgIpc) is 2.95. The predicted molar refractivity (Wildman–Crippen MR) is 107 cm³/mol. The second kappa shape index (κ2) is 7.48. The normalized spacial score (nSPS) is 28.2. The van der Waals surface area contributed by atoms with Crippen molar-refractivity contribution in [1.82, 2.24) is 14.5 Å². The van der Waals surface area contributed by atoms with Gasteiger partial charge in [-0.15, -0.1) is 0 Å². The summed E-state index contributed by atoms with van der Waals surface area (Å²) in [6, 6.07) is 9.59. The van der Waals surface area contributed by atoms with Gasteiger partial charge in [0.2, 0.25) is 21.8 Å². The first-order chi connectivity index (χ1) is 13.1. The summed E-state index contributed by atoms with van der Waals surface area (Å²) in [5, 5.41) is 2.51. The quantitative estimate of drug-likeness (QED) is 0.820. The Bertz CT molecular complexity index is 855. The van der Waals surface area contributed by atoms with Crippen LogP contribution in [0.5, 0.6) is 0 Å². The molecule has 7 nitrogen and oxygen atoms in total. The first-order valence-electron chi connectivity index (χ1n) is 9.68. The van der Waals surface area contributed by atoms with Crippen molar-refractivity contribution in [2.45, 2.75) is 50.9 Å². The lowest BCUT2D eigenvalue weighted by atomic mass is 9.76. The number of carbonyl (C=O) groups excluding carboxylic acids is 2. The van der Waals surface area contributed by atoms with Gasteiger partial charge in [-0.05, 0) is 25.8 Å². The molecule has 2 heterocycles. The molecule has 154 valence electrons. The van der Waals surface area contributed by atoms with Gasteiger partial charge in [-0.1, -0.05) is 30.3 Å². The number of carbonyl (C=O) groups is 2. The highest BCUT2D eigenvalue weighted by molar-refractivity contribution is 7.89. The van der Waals surface area contributed by atoms with Crippen LogP contribution in [0.4, 0.5) is 0 Å². The van der Waals surface area contributed by atoms with E-state index >= 15 is 0 Å². The van der Waals surface area contributed by atoms with Crippen LogP contribution in [-0.2, 0) is 19.6 Å². The van der Waals surface area contributed by atoms with Crippen LogP contribution >= 0.6 is 0 Å². The third kappa shape index (κ3) is 3.55. The fourth-order valence-corrected chi connectivity index (χ4v) is 6.09. The van der Waals surface area contributed by atoms with Crippen molar-refractivity contribution >= 4 is 21.8 Å². The minimum atomic E-state index is -3.45. The average molecular weight is 408 g/mol. The van der Waals surface area contributed by atoms with Gasteiger partial charge >= 0.3 is 0 Å². The van der Waals surface area contributed by atoms with E-state index in [0.717, 1.165) is 5.56 Å². The summed E-state index contributed by atoms with van der Waals surface area (Å²) in [4.78, 5) is 26.3. The van der Waals surface area contributed by atoms with Crippen LogP contribution < -0.4 is 5.32 Å². The number of fused-ring (bicyclic) bond motifs is 1. The molecule has 3 atom stereocenters. The molecule has 1 aromatic rings. The Morgan fingerprint density at radius 3 is 2.32 bits per heavy atom. The molecular weight excluding hydrogens is 378 g/mol. The van der Waals surface area contributed by atoms with Gasteiger partial charge in [-0.25, -0.2) is 8.42 Å². The SMILES string of the molecule is CC(=O)N[C@]12CN(C(C)=O)[C@H](c3ccccc3)[C@H]1CCN(S(=O)(=O)C(C)C)C2. The topological polar surface area (TPSA) is 86.8 Å². The second-order valence-electron chi connectivity index (χ2n) is 8.16. The fourth-order valence-electron chi connectivity index (χ4n) is 4.72. The van der Waals surface area contributed by atoms with Crippen molar-refractivity contribution in [2.75, 3.05) is 19.6 Å². The minimum absolute atomic E-state index is 0.0543. The number of amides is 2. The van der Waals surface area contributed by atoms with Crippen LogP contribution in [-0.4, -0.2) is 59.9 Å². The summed E-state index contributed by atoms with van der Waals surface area (Å²) in [6.45, 7) is 7.17. The molecule has 2 fully saturated rings. The van der Waals surface area contributed by atoms with Crippen molar-refractivity contribution in [3.05, 3.63) is 35.9 Å². The molecule has 0 bridgehead atoms.